The highest BCUT2D eigenvalue weighted by atomic mass is 32.1. The predicted molar refractivity (Wildman–Crippen MR) is 88.4 cm³/mol. The third-order valence-electron chi connectivity index (χ3n) is 2.99. The molecule has 0 saturated carbocycles. The van der Waals surface area contributed by atoms with Crippen LogP contribution in [0.25, 0.3) is 10.8 Å². The number of rotatable bonds is 5. The largest absolute Gasteiger partial charge is 0.443 e. The maximum atomic E-state index is 11.8. The van der Waals surface area contributed by atoms with Gasteiger partial charge >= 0.3 is 6.03 Å². The number of aromatic nitrogens is 2. The molecule has 3 rings (SSSR count). The second-order valence-corrected chi connectivity index (χ2v) is 5.67. The summed E-state index contributed by atoms with van der Waals surface area (Å²) in [6.45, 7) is 0.216. The minimum atomic E-state index is -0.626. The molecule has 0 atom stereocenters. The van der Waals surface area contributed by atoms with Crippen molar-refractivity contribution in [1.82, 2.24) is 15.3 Å². The molecule has 0 aliphatic heterocycles. The van der Waals surface area contributed by atoms with Crippen molar-refractivity contribution >= 4 is 29.0 Å². The van der Waals surface area contributed by atoms with E-state index in [1.807, 2.05) is 17.5 Å². The molecule has 0 bridgehead atoms. The first-order chi connectivity index (χ1) is 11.6. The van der Waals surface area contributed by atoms with Crippen LogP contribution in [0.2, 0.25) is 0 Å². The first-order valence-electron chi connectivity index (χ1n) is 6.91. The summed E-state index contributed by atoms with van der Waals surface area (Å²) in [5.41, 5.74) is 6.28. The average Bonchev–Trinajstić information content (AvgIpc) is 3.25. The highest BCUT2D eigenvalue weighted by molar-refractivity contribution is 7.13. The number of nitrogens with two attached hydrogens (primary N) is 1. The second kappa shape index (κ2) is 6.92. The molecule has 0 saturated heterocycles. The molecule has 122 valence electrons. The van der Waals surface area contributed by atoms with Gasteiger partial charge in [-0.3, -0.25) is 4.79 Å². The highest BCUT2D eigenvalue weighted by Crippen LogP contribution is 2.23. The molecule has 0 fully saturated rings. The van der Waals surface area contributed by atoms with Crippen molar-refractivity contribution in [2.45, 2.75) is 6.54 Å². The summed E-state index contributed by atoms with van der Waals surface area (Å²) in [7, 11) is 0. The Hall–Kier alpha value is -3.20. The maximum Gasteiger partial charge on any atom is 0.319 e. The van der Waals surface area contributed by atoms with Crippen molar-refractivity contribution in [2.75, 3.05) is 5.32 Å². The van der Waals surface area contributed by atoms with Gasteiger partial charge in [0.15, 0.2) is 0 Å². The molecule has 0 spiro atoms. The minimum Gasteiger partial charge on any atom is -0.443 e. The van der Waals surface area contributed by atoms with Crippen molar-refractivity contribution in [3.8, 4) is 10.8 Å². The van der Waals surface area contributed by atoms with Crippen LogP contribution in [0.1, 0.15) is 16.2 Å². The number of anilines is 1. The van der Waals surface area contributed by atoms with Gasteiger partial charge in [-0.05, 0) is 23.6 Å². The van der Waals surface area contributed by atoms with E-state index in [0.29, 0.717) is 17.3 Å². The van der Waals surface area contributed by atoms with Gasteiger partial charge in [-0.1, -0.05) is 6.07 Å². The number of primary amides is 1. The fraction of sp³-hybridized carbons (Fsp3) is 0.0667. The number of thiophene rings is 1. The van der Waals surface area contributed by atoms with Crippen molar-refractivity contribution in [3.05, 3.63) is 53.5 Å². The summed E-state index contributed by atoms with van der Waals surface area (Å²) < 4.78 is 5.37. The van der Waals surface area contributed by atoms with Crippen molar-refractivity contribution in [3.63, 3.8) is 0 Å². The summed E-state index contributed by atoms with van der Waals surface area (Å²) in [6, 6.07) is 6.36. The number of carbonyl (C=O) groups excluding carboxylic acids is 2. The van der Waals surface area contributed by atoms with Crippen LogP contribution in [0.15, 0.2) is 46.5 Å². The lowest BCUT2D eigenvalue weighted by molar-refractivity contribution is 0.0995. The Kier molecular flexibility index (Phi) is 4.52. The summed E-state index contributed by atoms with van der Waals surface area (Å²) in [6.07, 6.45) is 2.85. The summed E-state index contributed by atoms with van der Waals surface area (Å²) in [5.74, 6) is -0.105. The van der Waals surface area contributed by atoms with Crippen LogP contribution in [-0.2, 0) is 6.54 Å². The van der Waals surface area contributed by atoms with Gasteiger partial charge in [-0.2, -0.15) is 0 Å². The van der Waals surface area contributed by atoms with Gasteiger partial charge < -0.3 is 20.8 Å². The van der Waals surface area contributed by atoms with E-state index in [0.717, 1.165) is 4.88 Å². The predicted octanol–water partition coefficient (Wildman–Crippen LogP) is 2.22. The van der Waals surface area contributed by atoms with Crippen LogP contribution < -0.4 is 16.4 Å². The van der Waals surface area contributed by atoms with E-state index in [-0.39, 0.29) is 12.2 Å². The zero-order valence-corrected chi connectivity index (χ0v) is 13.2. The Morgan fingerprint density at radius 2 is 2.17 bits per heavy atom. The number of carbonyl (C=O) groups is 2. The van der Waals surface area contributed by atoms with Crippen LogP contribution >= 0.6 is 11.3 Å². The number of nitrogens with zero attached hydrogens (tertiary/aromatic N) is 2. The Labute approximate surface area is 140 Å². The topological polar surface area (TPSA) is 123 Å². The van der Waals surface area contributed by atoms with Crippen LogP contribution in [-0.4, -0.2) is 21.9 Å². The summed E-state index contributed by atoms with van der Waals surface area (Å²) in [5, 5.41) is 7.18. The van der Waals surface area contributed by atoms with Gasteiger partial charge in [-0.25, -0.2) is 14.8 Å². The number of nitrogens with one attached hydrogen (secondary N) is 2. The molecule has 8 nitrogen and oxygen atoms in total. The van der Waals surface area contributed by atoms with Gasteiger partial charge in [0.2, 0.25) is 5.89 Å². The molecule has 0 aromatic carbocycles. The summed E-state index contributed by atoms with van der Waals surface area (Å²) >= 11 is 1.52. The smallest absolute Gasteiger partial charge is 0.319 e. The van der Waals surface area contributed by atoms with Gasteiger partial charge in [0, 0.05) is 0 Å². The molecular formula is C15H13N5O3S. The number of oxazole rings is 1. The van der Waals surface area contributed by atoms with Crippen LogP contribution in [0, 0.1) is 0 Å². The second-order valence-electron chi connectivity index (χ2n) is 4.73. The van der Waals surface area contributed by atoms with Crippen LogP contribution in [0.3, 0.4) is 0 Å². The van der Waals surface area contributed by atoms with Crippen molar-refractivity contribution in [2.24, 2.45) is 5.73 Å². The molecule has 0 radical (unpaired) electrons. The zero-order chi connectivity index (χ0) is 16.9. The molecule has 24 heavy (non-hydrogen) atoms. The molecule has 3 heterocycles. The van der Waals surface area contributed by atoms with E-state index in [1.54, 1.807) is 0 Å². The van der Waals surface area contributed by atoms with Crippen molar-refractivity contribution in [1.29, 1.82) is 0 Å². The summed E-state index contributed by atoms with van der Waals surface area (Å²) in [4.78, 5) is 31.8. The number of hydrogen-bond donors (Lipinski definition) is 3. The molecule has 3 aromatic heterocycles. The lowest BCUT2D eigenvalue weighted by Crippen LogP contribution is -2.28. The number of pyridine rings is 1. The zero-order valence-electron chi connectivity index (χ0n) is 12.4. The lowest BCUT2D eigenvalue weighted by atomic mass is 10.3. The van der Waals surface area contributed by atoms with Crippen LogP contribution in [0.5, 0.6) is 0 Å². The number of hydrogen-bond acceptors (Lipinski definition) is 6. The van der Waals surface area contributed by atoms with Gasteiger partial charge in [-0.15, -0.1) is 11.3 Å². The molecule has 0 unspecified atom stereocenters. The Balaban J connectivity index is 1.53. The molecular weight excluding hydrogens is 330 g/mol. The average molecular weight is 343 g/mol. The SMILES string of the molecule is NC(=O)c1ccc(NC(=O)NCc2coc(-c3cccs3)n2)cn1. The van der Waals surface area contributed by atoms with E-state index in [1.165, 1.54) is 35.9 Å². The normalized spacial score (nSPS) is 10.3. The van der Waals surface area contributed by atoms with E-state index in [9.17, 15) is 9.59 Å². The number of urea groups is 1. The molecule has 4 N–H and O–H groups in total. The Morgan fingerprint density at radius 1 is 1.29 bits per heavy atom. The fourth-order valence-electron chi connectivity index (χ4n) is 1.86. The maximum absolute atomic E-state index is 11.8. The molecule has 3 aromatic rings. The highest BCUT2D eigenvalue weighted by Gasteiger charge is 2.09. The third-order valence-corrected chi connectivity index (χ3v) is 3.85. The van der Waals surface area contributed by atoms with E-state index in [2.05, 4.69) is 20.6 Å². The lowest BCUT2D eigenvalue weighted by Gasteiger charge is -2.06. The Bertz CT molecular complexity index is 842. The quantitative estimate of drug-likeness (QED) is 0.655. The first kappa shape index (κ1) is 15.7. The number of amides is 3. The molecule has 0 aliphatic carbocycles. The molecule has 0 aliphatic rings. The first-order valence-corrected chi connectivity index (χ1v) is 7.79. The van der Waals surface area contributed by atoms with Crippen LogP contribution in [0.4, 0.5) is 10.5 Å². The van der Waals surface area contributed by atoms with E-state index in [4.69, 9.17) is 10.2 Å². The van der Waals surface area contributed by atoms with Gasteiger partial charge in [0.1, 0.15) is 12.0 Å². The van der Waals surface area contributed by atoms with Gasteiger partial charge in [0.05, 0.1) is 29.0 Å². The monoisotopic (exact) mass is 343 g/mol. The molecule has 3 amide bonds. The van der Waals surface area contributed by atoms with Crippen molar-refractivity contribution < 1.29 is 14.0 Å². The third kappa shape index (κ3) is 3.76. The minimum absolute atomic E-state index is 0.129. The van der Waals surface area contributed by atoms with Gasteiger partial charge in [0.25, 0.3) is 5.91 Å². The Morgan fingerprint density at radius 3 is 2.83 bits per heavy atom. The fourth-order valence-corrected chi connectivity index (χ4v) is 2.52. The standard InChI is InChI=1S/C15H13N5O3S/c16-13(21)11-4-3-9(6-17-11)20-15(22)18-7-10-8-23-14(19-10)12-2-1-5-24-12/h1-6,8H,7H2,(H2,16,21)(H2,18,20,22). The van der Waals surface area contributed by atoms with E-state index >= 15 is 0 Å². The van der Waals surface area contributed by atoms with E-state index < -0.39 is 11.9 Å². The molecule has 9 heteroatoms.